The van der Waals surface area contributed by atoms with E-state index in [0.717, 1.165) is 37.2 Å². The van der Waals surface area contributed by atoms with Gasteiger partial charge in [-0.25, -0.2) is 0 Å². The van der Waals surface area contributed by atoms with E-state index < -0.39 is 0 Å². The minimum Gasteiger partial charge on any atom is -0.489 e. The Kier molecular flexibility index (Phi) is 4.47. The molecule has 3 nitrogen and oxygen atoms in total. The van der Waals surface area contributed by atoms with Crippen molar-refractivity contribution in [2.75, 3.05) is 13.2 Å². The highest BCUT2D eigenvalue weighted by atomic mass is 16.7. The van der Waals surface area contributed by atoms with Crippen LogP contribution in [0.2, 0.25) is 0 Å². The lowest BCUT2D eigenvalue weighted by molar-refractivity contribution is -0.237. The topological polar surface area (TPSA) is 27.7 Å². The van der Waals surface area contributed by atoms with Gasteiger partial charge in [-0.1, -0.05) is 43.3 Å². The van der Waals surface area contributed by atoms with Crippen molar-refractivity contribution in [2.24, 2.45) is 17.3 Å². The summed E-state index contributed by atoms with van der Waals surface area (Å²) in [6.45, 7) is 4.63. The van der Waals surface area contributed by atoms with Crippen LogP contribution in [0, 0.1) is 17.3 Å². The van der Waals surface area contributed by atoms with Gasteiger partial charge < -0.3 is 14.2 Å². The van der Waals surface area contributed by atoms with E-state index in [-0.39, 0.29) is 11.2 Å². The van der Waals surface area contributed by atoms with Gasteiger partial charge in [-0.3, -0.25) is 0 Å². The van der Waals surface area contributed by atoms with Crippen LogP contribution in [0.3, 0.4) is 0 Å². The molecule has 4 aliphatic rings. The smallest absolute Gasteiger partial charge is 0.174 e. The number of rotatable bonds is 3. The minimum absolute atomic E-state index is 0.181. The van der Waals surface area contributed by atoms with Gasteiger partial charge in [0.2, 0.25) is 0 Å². The van der Waals surface area contributed by atoms with Crippen LogP contribution in [0.15, 0.2) is 48.5 Å². The largest absolute Gasteiger partial charge is 0.489 e. The van der Waals surface area contributed by atoms with Gasteiger partial charge in [0.15, 0.2) is 5.79 Å². The van der Waals surface area contributed by atoms with Gasteiger partial charge in [0.05, 0.1) is 13.2 Å². The fourth-order valence-electron chi connectivity index (χ4n) is 7.27. The molecule has 4 atom stereocenters. The van der Waals surface area contributed by atoms with Crippen LogP contribution >= 0.6 is 0 Å². The normalized spacial score (nSPS) is 33.7. The van der Waals surface area contributed by atoms with Crippen LogP contribution < -0.4 is 4.74 Å². The Labute approximate surface area is 179 Å². The summed E-state index contributed by atoms with van der Waals surface area (Å²) in [4.78, 5) is 0. The third-order valence-electron chi connectivity index (χ3n) is 8.74. The molecule has 1 aliphatic heterocycles. The average molecular weight is 405 g/mol. The van der Waals surface area contributed by atoms with Crippen molar-refractivity contribution in [3.8, 4) is 5.75 Å². The Morgan fingerprint density at radius 3 is 2.63 bits per heavy atom. The Morgan fingerprint density at radius 1 is 0.967 bits per heavy atom. The number of aryl methyl sites for hydroxylation is 1. The number of benzene rings is 2. The van der Waals surface area contributed by atoms with Crippen LogP contribution in [-0.4, -0.2) is 19.0 Å². The molecule has 0 aromatic heterocycles. The minimum atomic E-state index is -0.294. The van der Waals surface area contributed by atoms with Crippen LogP contribution in [0.1, 0.15) is 61.6 Å². The van der Waals surface area contributed by atoms with Gasteiger partial charge in [-0.15, -0.1) is 0 Å². The van der Waals surface area contributed by atoms with Gasteiger partial charge in [-0.2, -0.15) is 0 Å². The van der Waals surface area contributed by atoms with E-state index in [0.29, 0.717) is 12.5 Å². The molecule has 1 saturated heterocycles. The average Bonchev–Trinajstić information content (AvgIpc) is 3.38. The molecule has 1 spiro atoms. The second kappa shape index (κ2) is 7.10. The molecular weight excluding hydrogens is 372 g/mol. The Balaban J connectivity index is 1.22. The lowest BCUT2D eigenvalue weighted by atomic mass is 9.55. The Hall–Kier alpha value is -1.84. The molecule has 6 rings (SSSR count). The van der Waals surface area contributed by atoms with E-state index in [1.54, 1.807) is 5.56 Å². The molecule has 0 N–H and O–H groups in total. The number of hydrogen-bond acceptors (Lipinski definition) is 3. The van der Waals surface area contributed by atoms with Gasteiger partial charge in [0, 0.05) is 11.8 Å². The number of hydrogen-bond donors (Lipinski definition) is 0. The highest BCUT2D eigenvalue weighted by molar-refractivity contribution is 5.41. The third-order valence-corrected chi connectivity index (χ3v) is 8.74. The summed E-state index contributed by atoms with van der Waals surface area (Å²) in [5.74, 6) is 2.88. The van der Waals surface area contributed by atoms with Gasteiger partial charge in [0.1, 0.15) is 12.4 Å². The summed E-state index contributed by atoms with van der Waals surface area (Å²) in [6.07, 6.45) is 7.26. The Bertz CT molecular complexity index is 917. The van der Waals surface area contributed by atoms with Gasteiger partial charge in [0.25, 0.3) is 0 Å². The molecule has 2 saturated carbocycles. The first kappa shape index (κ1) is 18.9. The lowest BCUT2D eigenvalue weighted by Crippen LogP contribution is -2.51. The van der Waals surface area contributed by atoms with Crippen molar-refractivity contribution in [3.63, 3.8) is 0 Å². The summed E-state index contributed by atoms with van der Waals surface area (Å²) in [5, 5.41) is 0. The van der Waals surface area contributed by atoms with E-state index in [1.165, 1.54) is 43.2 Å². The quantitative estimate of drug-likeness (QED) is 0.641. The van der Waals surface area contributed by atoms with E-state index in [9.17, 15) is 0 Å². The zero-order valence-corrected chi connectivity index (χ0v) is 17.9. The van der Waals surface area contributed by atoms with Crippen molar-refractivity contribution in [1.82, 2.24) is 0 Å². The first-order valence-electron chi connectivity index (χ1n) is 11.8. The predicted molar refractivity (Wildman–Crippen MR) is 116 cm³/mol. The second-order valence-corrected chi connectivity index (χ2v) is 10.00. The molecule has 3 heteroatoms. The zero-order valence-electron chi connectivity index (χ0n) is 17.9. The van der Waals surface area contributed by atoms with Crippen molar-refractivity contribution in [2.45, 2.75) is 63.8 Å². The molecule has 0 unspecified atom stereocenters. The van der Waals surface area contributed by atoms with E-state index in [2.05, 4.69) is 49.4 Å². The number of fused-ring (bicyclic) bond motifs is 6. The molecule has 30 heavy (non-hydrogen) atoms. The fraction of sp³-hybridized carbons (Fsp3) is 0.556. The first-order chi connectivity index (χ1) is 14.7. The molecule has 3 aliphatic carbocycles. The molecular formula is C27H32O3. The molecule has 2 aromatic carbocycles. The monoisotopic (exact) mass is 404 g/mol. The van der Waals surface area contributed by atoms with E-state index >= 15 is 0 Å². The maximum Gasteiger partial charge on any atom is 0.174 e. The van der Waals surface area contributed by atoms with E-state index in [1.807, 2.05) is 6.07 Å². The maximum atomic E-state index is 6.26. The van der Waals surface area contributed by atoms with Crippen LogP contribution in [0.4, 0.5) is 0 Å². The standard InChI is InChI=1S/C27H32O3/c1-26-13-11-23-22-10-8-21(28-18-19-5-3-2-4-6-19)17-20(22)7-9-24(23)25(26)12-14-27(26)29-15-16-30-27/h2-6,8,10,17,23-25H,7,9,11-16,18H2,1H3/t23-,24+,25+,26-/m0/s1. The van der Waals surface area contributed by atoms with E-state index in [4.69, 9.17) is 14.2 Å². The van der Waals surface area contributed by atoms with Crippen molar-refractivity contribution in [3.05, 3.63) is 65.2 Å². The summed E-state index contributed by atoms with van der Waals surface area (Å²) in [6, 6.07) is 17.3. The van der Waals surface area contributed by atoms with Crippen molar-refractivity contribution < 1.29 is 14.2 Å². The van der Waals surface area contributed by atoms with Crippen LogP contribution in [0.5, 0.6) is 5.75 Å². The van der Waals surface area contributed by atoms with Gasteiger partial charge >= 0.3 is 0 Å². The molecule has 0 bridgehead atoms. The van der Waals surface area contributed by atoms with Crippen molar-refractivity contribution in [1.29, 1.82) is 0 Å². The summed E-state index contributed by atoms with van der Waals surface area (Å²) >= 11 is 0. The second-order valence-electron chi connectivity index (χ2n) is 10.00. The predicted octanol–water partition coefficient (Wildman–Crippen LogP) is 5.86. The Morgan fingerprint density at radius 2 is 1.80 bits per heavy atom. The summed E-state index contributed by atoms with van der Waals surface area (Å²) < 4.78 is 18.6. The third kappa shape index (κ3) is 2.78. The zero-order chi connectivity index (χ0) is 20.2. The van der Waals surface area contributed by atoms with Crippen molar-refractivity contribution >= 4 is 0 Å². The SMILES string of the molecule is C[C@]12CC[C@H]3c4ccc(OCc5ccccc5)cc4CC[C@H]3[C@H]1CCC21OCCO1. The lowest BCUT2D eigenvalue weighted by Gasteiger charge is -2.52. The molecule has 0 radical (unpaired) electrons. The van der Waals surface area contributed by atoms with Gasteiger partial charge in [-0.05, 0) is 78.7 Å². The van der Waals surface area contributed by atoms with Crippen LogP contribution in [-0.2, 0) is 22.5 Å². The summed E-state index contributed by atoms with van der Waals surface area (Å²) in [7, 11) is 0. The fourth-order valence-corrected chi connectivity index (χ4v) is 7.27. The molecule has 0 amide bonds. The summed E-state index contributed by atoms with van der Waals surface area (Å²) in [5.41, 5.74) is 4.48. The molecule has 1 heterocycles. The number of ether oxygens (including phenoxy) is 3. The highest BCUT2D eigenvalue weighted by Crippen LogP contribution is 2.66. The van der Waals surface area contributed by atoms with Crippen LogP contribution in [0.25, 0.3) is 0 Å². The first-order valence-corrected chi connectivity index (χ1v) is 11.8. The molecule has 2 aromatic rings. The maximum absolute atomic E-state index is 6.26. The highest BCUT2D eigenvalue weighted by Gasteiger charge is 2.64. The molecule has 158 valence electrons. The molecule has 3 fully saturated rings.